The highest BCUT2D eigenvalue weighted by molar-refractivity contribution is 5.05. The van der Waals surface area contributed by atoms with Crippen molar-refractivity contribution < 1.29 is 10.2 Å². The standard InChI is InChI=1S/C14H26O2/c1-6-8-14(16)9-7-11(12(2,3)4)10-13(14,5)15/h6,11,15-16H,1,7-10H2,2-5H3/t11-,13+,14-/m1/s1. The zero-order chi connectivity index (χ0) is 12.6. The van der Waals surface area contributed by atoms with Gasteiger partial charge in [-0.25, -0.2) is 0 Å². The summed E-state index contributed by atoms with van der Waals surface area (Å²) in [5, 5.41) is 20.9. The van der Waals surface area contributed by atoms with Crippen molar-refractivity contribution in [3.63, 3.8) is 0 Å². The van der Waals surface area contributed by atoms with Gasteiger partial charge in [0.2, 0.25) is 0 Å². The van der Waals surface area contributed by atoms with Crippen LogP contribution in [0.25, 0.3) is 0 Å². The Labute approximate surface area is 99.4 Å². The zero-order valence-corrected chi connectivity index (χ0v) is 11.1. The van der Waals surface area contributed by atoms with E-state index in [-0.39, 0.29) is 5.41 Å². The second-order valence-electron chi connectivity index (χ2n) is 6.60. The van der Waals surface area contributed by atoms with Crippen LogP contribution in [0.2, 0.25) is 0 Å². The fourth-order valence-electron chi connectivity index (χ4n) is 2.75. The first-order chi connectivity index (χ1) is 7.12. The molecule has 1 rings (SSSR count). The summed E-state index contributed by atoms with van der Waals surface area (Å²) in [7, 11) is 0. The Morgan fingerprint density at radius 2 is 1.94 bits per heavy atom. The molecule has 1 fully saturated rings. The Hall–Kier alpha value is -0.340. The van der Waals surface area contributed by atoms with Gasteiger partial charge in [-0.15, -0.1) is 6.58 Å². The van der Waals surface area contributed by atoms with Crippen molar-refractivity contribution in [1.29, 1.82) is 0 Å². The van der Waals surface area contributed by atoms with Crippen molar-refractivity contribution in [1.82, 2.24) is 0 Å². The maximum Gasteiger partial charge on any atom is 0.0964 e. The first-order valence-corrected chi connectivity index (χ1v) is 6.18. The molecule has 0 heterocycles. The molecule has 0 unspecified atom stereocenters. The molecule has 0 amide bonds. The van der Waals surface area contributed by atoms with E-state index in [9.17, 15) is 10.2 Å². The highest BCUT2D eigenvalue weighted by Crippen LogP contribution is 2.47. The molecular weight excluding hydrogens is 200 g/mol. The van der Waals surface area contributed by atoms with E-state index >= 15 is 0 Å². The molecule has 0 aromatic rings. The van der Waals surface area contributed by atoms with Crippen molar-refractivity contribution in [3.05, 3.63) is 12.7 Å². The van der Waals surface area contributed by atoms with Crippen LogP contribution >= 0.6 is 0 Å². The summed E-state index contributed by atoms with van der Waals surface area (Å²) in [6, 6.07) is 0. The zero-order valence-electron chi connectivity index (χ0n) is 11.1. The predicted molar refractivity (Wildman–Crippen MR) is 67.2 cm³/mol. The second-order valence-corrected chi connectivity index (χ2v) is 6.60. The quantitative estimate of drug-likeness (QED) is 0.711. The van der Waals surface area contributed by atoms with Crippen LogP contribution in [-0.2, 0) is 0 Å². The van der Waals surface area contributed by atoms with Crippen molar-refractivity contribution in [2.75, 3.05) is 0 Å². The van der Waals surface area contributed by atoms with Gasteiger partial charge < -0.3 is 10.2 Å². The number of rotatable bonds is 2. The van der Waals surface area contributed by atoms with Gasteiger partial charge >= 0.3 is 0 Å². The van der Waals surface area contributed by atoms with E-state index in [0.29, 0.717) is 25.2 Å². The fourth-order valence-corrected chi connectivity index (χ4v) is 2.75. The maximum absolute atomic E-state index is 10.5. The molecule has 2 nitrogen and oxygen atoms in total. The van der Waals surface area contributed by atoms with Gasteiger partial charge in [-0.3, -0.25) is 0 Å². The summed E-state index contributed by atoms with van der Waals surface area (Å²) in [6.07, 6.45) is 4.47. The molecule has 3 atom stereocenters. The number of hydrogen-bond donors (Lipinski definition) is 2. The average molecular weight is 226 g/mol. The average Bonchev–Trinajstić information content (AvgIpc) is 2.08. The summed E-state index contributed by atoms with van der Waals surface area (Å²) in [5.74, 6) is 0.465. The monoisotopic (exact) mass is 226 g/mol. The van der Waals surface area contributed by atoms with Crippen LogP contribution in [0.3, 0.4) is 0 Å². The molecule has 16 heavy (non-hydrogen) atoms. The molecule has 0 bridgehead atoms. The lowest BCUT2D eigenvalue weighted by Crippen LogP contribution is -2.57. The molecule has 0 aromatic carbocycles. The Morgan fingerprint density at radius 1 is 1.38 bits per heavy atom. The molecule has 0 aromatic heterocycles. The summed E-state index contributed by atoms with van der Waals surface area (Å²) in [4.78, 5) is 0. The van der Waals surface area contributed by atoms with E-state index in [1.807, 2.05) is 0 Å². The molecule has 94 valence electrons. The lowest BCUT2D eigenvalue weighted by molar-refractivity contribution is -0.182. The van der Waals surface area contributed by atoms with E-state index < -0.39 is 11.2 Å². The topological polar surface area (TPSA) is 40.5 Å². The normalized spacial score (nSPS) is 40.8. The summed E-state index contributed by atoms with van der Waals surface area (Å²) in [5.41, 5.74) is -1.80. The molecular formula is C14H26O2. The summed E-state index contributed by atoms with van der Waals surface area (Å²) >= 11 is 0. The van der Waals surface area contributed by atoms with E-state index in [2.05, 4.69) is 27.4 Å². The Bertz CT molecular complexity index is 262. The van der Waals surface area contributed by atoms with Gasteiger partial charge in [-0.2, -0.15) is 0 Å². The third-order valence-corrected chi connectivity index (χ3v) is 4.26. The van der Waals surface area contributed by atoms with Crippen LogP contribution in [0, 0.1) is 11.3 Å². The van der Waals surface area contributed by atoms with Crippen LogP contribution in [-0.4, -0.2) is 21.4 Å². The van der Waals surface area contributed by atoms with Crippen LogP contribution in [0.15, 0.2) is 12.7 Å². The van der Waals surface area contributed by atoms with Crippen LogP contribution in [0.1, 0.15) is 53.4 Å². The van der Waals surface area contributed by atoms with Gasteiger partial charge in [-0.1, -0.05) is 26.8 Å². The molecule has 0 spiro atoms. The van der Waals surface area contributed by atoms with Crippen molar-refractivity contribution in [3.8, 4) is 0 Å². The van der Waals surface area contributed by atoms with Crippen molar-refractivity contribution in [2.45, 2.75) is 64.6 Å². The maximum atomic E-state index is 10.5. The first kappa shape index (κ1) is 13.7. The van der Waals surface area contributed by atoms with Crippen molar-refractivity contribution >= 4 is 0 Å². The van der Waals surface area contributed by atoms with Gasteiger partial charge in [-0.05, 0) is 43.9 Å². The smallest absolute Gasteiger partial charge is 0.0964 e. The van der Waals surface area contributed by atoms with Crippen LogP contribution in [0.5, 0.6) is 0 Å². The first-order valence-electron chi connectivity index (χ1n) is 6.18. The molecule has 0 aliphatic heterocycles. The molecule has 2 N–H and O–H groups in total. The van der Waals surface area contributed by atoms with E-state index in [0.717, 1.165) is 6.42 Å². The largest absolute Gasteiger partial charge is 0.387 e. The third-order valence-electron chi connectivity index (χ3n) is 4.26. The van der Waals surface area contributed by atoms with E-state index in [1.165, 1.54) is 0 Å². The lowest BCUT2D eigenvalue weighted by Gasteiger charge is -2.50. The Kier molecular flexibility index (Phi) is 3.56. The van der Waals surface area contributed by atoms with Gasteiger partial charge in [0.15, 0.2) is 0 Å². The van der Waals surface area contributed by atoms with Gasteiger partial charge in [0.25, 0.3) is 0 Å². The van der Waals surface area contributed by atoms with Crippen molar-refractivity contribution in [2.24, 2.45) is 11.3 Å². The summed E-state index contributed by atoms with van der Waals surface area (Å²) < 4.78 is 0. The minimum atomic E-state index is -1.00. The predicted octanol–water partition coefficient (Wildman–Crippen LogP) is 2.89. The van der Waals surface area contributed by atoms with Gasteiger partial charge in [0.05, 0.1) is 11.2 Å². The summed E-state index contributed by atoms with van der Waals surface area (Å²) in [6.45, 7) is 12.0. The molecule has 1 saturated carbocycles. The minimum absolute atomic E-state index is 0.194. The highest BCUT2D eigenvalue weighted by atomic mass is 16.4. The van der Waals surface area contributed by atoms with Crippen LogP contribution < -0.4 is 0 Å². The fraction of sp³-hybridized carbons (Fsp3) is 0.857. The molecule has 0 radical (unpaired) electrons. The lowest BCUT2D eigenvalue weighted by atomic mass is 9.61. The van der Waals surface area contributed by atoms with E-state index in [1.54, 1.807) is 13.0 Å². The number of aliphatic hydroxyl groups is 2. The third kappa shape index (κ3) is 2.49. The molecule has 2 heteroatoms. The highest BCUT2D eigenvalue weighted by Gasteiger charge is 2.50. The van der Waals surface area contributed by atoms with Gasteiger partial charge in [0.1, 0.15) is 0 Å². The second kappa shape index (κ2) is 4.15. The Balaban J connectivity index is 2.84. The molecule has 1 aliphatic carbocycles. The minimum Gasteiger partial charge on any atom is -0.387 e. The van der Waals surface area contributed by atoms with Crippen LogP contribution in [0.4, 0.5) is 0 Å². The van der Waals surface area contributed by atoms with Gasteiger partial charge in [0, 0.05) is 0 Å². The SMILES string of the molecule is C=CC[C@@]1(O)CC[C@@H](C(C)(C)C)C[C@]1(C)O. The van der Waals surface area contributed by atoms with E-state index in [4.69, 9.17) is 0 Å². The molecule has 1 aliphatic rings. The number of hydrogen-bond acceptors (Lipinski definition) is 2. The molecule has 0 saturated heterocycles. The Morgan fingerprint density at radius 3 is 2.31 bits per heavy atom.